The highest BCUT2D eigenvalue weighted by molar-refractivity contribution is 5.66. The number of hydrogen-bond donors (Lipinski definition) is 1. The number of rotatable bonds is 16. The molecule has 1 N–H and O–H groups in total. The quantitative estimate of drug-likeness (QED) is 0.275. The minimum Gasteiger partial charge on any atom is -0.481 e. The van der Waals surface area contributed by atoms with Crippen molar-refractivity contribution in [2.75, 3.05) is 0 Å². The van der Waals surface area contributed by atoms with Gasteiger partial charge in [-0.25, -0.2) is 0 Å². The Hall–Kier alpha value is -2.13. The first-order valence-corrected chi connectivity index (χ1v) is 12.1. The zero-order valence-corrected chi connectivity index (χ0v) is 19.4. The largest absolute Gasteiger partial charge is 0.481 e. The van der Waals surface area contributed by atoms with E-state index < -0.39 is 5.97 Å². The van der Waals surface area contributed by atoms with Crippen LogP contribution in [0.5, 0.6) is 0 Å². The molecule has 0 fully saturated rings. The fraction of sp³-hybridized carbons (Fsp3) is 0.536. The number of hydrogen-bond acceptors (Lipinski definition) is 2. The molecule has 2 aromatic rings. The number of aliphatic carboxylic acids is 1. The van der Waals surface area contributed by atoms with Crippen molar-refractivity contribution >= 4 is 5.97 Å². The van der Waals surface area contributed by atoms with Gasteiger partial charge in [0.05, 0.1) is 13.2 Å². The van der Waals surface area contributed by atoms with Gasteiger partial charge in [0, 0.05) is 6.42 Å². The molecular weight excluding hydrogens is 384 g/mol. The first-order valence-electron chi connectivity index (χ1n) is 12.1. The van der Waals surface area contributed by atoms with Crippen molar-refractivity contribution in [1.29, 1.82) is 0 Å². The second kappa shape index (κ2) is 19.8. The Kier molecular flexibility index (Phi) is 17.2. The molecule has 0 aliphatic heterocycles. The van der Waals surface area contributed by atoms with Crippen molar-refractivity contribution in [3.63, 3.8) is 0 Å². The molecule has 0 unspecified atom stereocenters. The Morgan fingerprint density at radius 1 is 0.645 bits per heavy atom. The summed E-state index contributed by atoms with van der Waals surface area (Å²) in [4.78, 5) is 10.3. The molecule has 0 radical (unpaired) electrons. The molecule has 0 aliphatic rings. The number of carboxylic acid groups (broad SMARTS) is 1. The molecule has 0 saturated carbocycles. The Labute approximate surface area is 189 Å². The maximum atomic E-state index is 10.3. The van der Waals surface area contributed by atoms with Gasteiger partial charge >= 0.3 is 5.97 Å². The lowest BCUT2D eigenvalue weighted by molar-refractivity contribution is -0.137. The molecule has 31 heavy (non-hydrogen) atoms. The zero-order valence-electron chi connectivity index (χ0n) is 19.4. The van der Waals surface area contributed by atoms with Gasteiger partial charge in [-0.2, -0.15) is 0 Å². The SMILES string of the molecule is CCCCCCCCCCCCCC(=O)O.c1ccc(COCc2ccccc2)cc1. The van der Waals surface area contributed by atoms with Crippen LogP contribution in [0.2, 0.25) is 0 Å². The summed E-state index contributed by atoms with van der Waals surface area (Å²) in [6.45, 7) is 3.60. The van der Waals surface area contributed by atoms with Crippen LogP contribution in [0.1, 0.15) is 95.1 Å². The van der Waals surface area contributed by atoms with Gasteiger partial charge in [0.2, 0.25) is 0 Å². The van der Waals surface area contributed by atoms with E-state index in [4.69, 9.17) is 9.84 Å². The Balaban J connectivity index is 0.000000310. The topological polar surface area (TPSA) is 46.5 Å². The molecular formula is C28H42O3. The third kappa shape index (κ3) is 17.3. The average Bonchev–Trinajstić information content (AvgIpc) is 2.79. The lowest BCUT2D eigenvalue weighted by Gasteiger charge is -2.03. The highest BCUT2D eigenvalue weighted by Crippen LogP contribution is 2.11. The fourth-order valence-corrected chi connectivity index (χ4v) is 3.38. The molecule has 0 aliphatic carbocycles. The van der Waals surface area contributed by atoms with Crippen LogP contribution in [-0.2, 0) is 22.7 Å². The van der Waals surface area contributed by atoms with Crippen LogP contribution < -0.4 is 0 Å². The van der Waals surface area contributed by atoms with Gasteiger partial charge in [0.1, 0.15) is 0 Å². The van der Waals surface area contributed by atoms with Crippen LogP contribution in [0.25, 0.3) is 0 Å². The summed E-state index contributed by atoms with van der Waals surface area (Å²) in [5.41, 5.74) is 2.43. The van der Waals surface area contributed by atoms with Gasteiger partial charge in [-0.15, -0.1) is 0 Å². The highest BCUT2D eigenvalue weighted by atomic mass is 16.5. The van der Waals surface area contributed by atoms with E-state index >= 15 is 0 Å². The summed E-state index contributed by atoms with van der Waals surface area (Å²) in [5.74, 6) is -0.657. The van der Waals surface area contributed by atoms with E-state index in [1.165, 1.54) is 68.9 Å². The minimum absolute atomic E-state index is 0.344. The molecule has 0 saturated heterocycles. The Bertz CT molecular complexity index is 600. The molecule has 3 heteroatoms. The van der Waals surface area contributed by atoms with Crippen LogP contribution in [-0.4, -0.2) is 11.1 Å². The molecule has 0 spiro atoms. The maximum Gasteiger partial charge on any atom is 0.303 e. The smallest absolute Gasteiger partial charge is 0.303 e. The number of carboxylic acids is 1. The molecule has 172 valence electrons. The maximum absolute atomic E-state index is 10.3. The van der Waals surface area contributed by atoms with Gasteiger partial charge in [0.15, 0.2) is 0 Å². The van der Waals surface area contributed by atoms with Crippen molar-refractivity contribution < 1.29 is 14.6 Å². The van der Waals surface area contributed by atoms with E-state index in [9.17, 15) is 4.79 Å². The minimum atomic E-state index is -0.657. The van der Waals surface area contributed by atoms with E-state index in [1.807, 2.05) is 36.4 Å². The number of carbonyl (C=O) groups is 1. The van der Waals surface area contributed by atoms with Crippen LogP contribution in [0.4, 0.5) is 0 Å². The third-order valence-corrected chi connectivity index (χ3v) is 5.22. The van der Waals surface area contributed by atoms with E-state index in [-0.39, 0.29) is 0 Å². The summed E-state index contributed by atoms with van der Waals surface area (Å²) in [6.07, 6.45) is 14.4. The van der Waals surface area contributed by atoms with E-state index in [0.717, 1.165) is 12.8 Å². The van der Waals surface area contributed by atoms with E-state index in [0.29, 0.717) is 19.6 Å². The molecule has 0 bridgehead atoms. The average molecular weight is 427 g/mol. The van der Waals surface area contributed by atoms with Crippen molar-refractivity contribution in [3.8, 4) is 0 Å². The van der Waals surface area contributed by atoms with Crippen LogP contribution >= 0.6 is 0 Å². The predicted molar refractivity (Wildman–Crippen MR) is 130 cm³/mol. The monoisotopic (exact) mass is 426 g/mol. The zero-order chi connectivity index (χ0) is 22.4. The van der Waals surface area contributed by atoms with E-state index in [2.05, 4.69) is 31.2 Å². The molecule has 0 heterocycles. The van der Waals surface area contributed by atoms with Crippen molar-refractivity contribution in [2.24, 2.45) is 0 Å². The van der Waals surface area contributed by atoms with Crippen LogP contribution in [0.3, 0.4) is 0 Å². The number of unbranched alkanes of at least 4 members (excludes halogenated alkanes) is 10. The van der Waals surface area contributed by atoms with Gasteiger partial charge in [-0.3, -0.25) is 4.79 Å². The van der Waals surface area contributed by atoms with Crippen molar-refractivity contribution in [2.45, 2.75) is 97.2 Å². The standard InChI is InChI=1S/C14H28O2.C14H14O/c1-2-3-4-5-6-7-8-9-10-11-12-13-14(15)16;1-3-7-13(8-4-1)11-15-12-14-9-5-2-6-10-14/h2-13H2,1H3,(H,15,16);1-10H,11-12H2. The summed E-state index contributed by atoms with van der Waals surface area (Å²) < 4.78 is 5.61. The summed E-state index contributed by atoms with van der Waals surface area (Å²) in [5, 5.41) is 8.46. The molecule has 3 nitrogen and oxygen atoms in total. The normalized spacial score (nSPS) is 10.4. The predicted octanol–water partition coefficient (Wildman–Crippen LogP) is 8.18. The van der Waals surface area contributed by atoms with E-state index in [1.54, 1.807) is 0 Å². The van der Waals surface area contributed by atoms with Crippen LogP contribution in [0, 0.1) is 0 Å². The van der Waals surface area contributed by atoms with Gasteiger partial charge in [0.25, 0.3) is 0 Å². The van der Waals surface area contributed by atoms with Crippen molar-refractivity contribution in [3.05, 3.63) is 71.8 Å². The second-order valence-corrected chi connectivity index (χ2v) is 8.14. The van der Waals surface area contributed by atoms with Gasteiger partial charge in [-0.05, 0) is 17.5 Å². The molecule has 2 aromatic carbocycles. The molecule has 0 aromatic heterocycles. The third-order valence-electron chi connectivity index (χ3n) is 5.22. The lowest BCUT2D eigenvalue weighted by Crippen LogP contribution is -1.93. The molecule has 2 rings (SSSR count). The first-order chi connectivity index (χ1) is 15.2. The first kappa shape index (κ1) is 26.9. The molecule has 0 atom stereocenters. The summed E-state index contributed by atoms with van der Waals surface area (Å²) in [6, 6.07) is 20.4. The van der Waals surface area contributed by atoms with Gasteiger partial charge in [-0.1, -0.05) is 132 Å². The number of benzene rings is 2. The van der Waals surface area contributed by atoms with Crippen LogP contribution in [0.15, 0.2) is 60.7 Å². The second-order valence-electron chi connectivity index (χ2n) is 8.14. The Morgan fingerprint density at radius 2 is 1.03 bits per heavy atom. The summed E-state index contributed by atoms with van der Waals surface area (Å²) >= 11 is 0. The fourth-order valence-electron chi connectivity index (χ4n) is 3.38. The summed E-state index contributed by atoms with van der Waals surface area (Å²) in [7, 11) is 0. The lowest BCUT2D eigenvalue weighted by atomic mass is 10.1. The van der Waals surface area contributed by atoms with Crippen molar-refractivity contribution in [1.82, 2.24) is 0 Å². The molecule has 0 amide bonds. The Morgan fingerprint density at radius 3 is 1.42 bits per heavy atom. The highest BCUT2D eigenvalue weighted by Gasteiger charge is 1.96. The van der Waals surface area contributed by atoms with Gasteiger partial charge < -0.3 is 9.84 Å². The number of ether oxygens (including phenoxy) is 1.